The number of carbonyl (C=O) groups excluding carboxylic acids is 2. The first-order valence-corrected chi connectivity index (χ1v) is 10.2. The van der Waals surface area contributed by atoms with Gasteiger partial charge >= 0.3 is 0 Å². The Morgan fingerprint density at radius 3 is 2.74 bits per heavy atom. The number of ether oxygens (including phenoxy) is 2. The monoisotopic (exact) mass is 421 g/mol. The van der Waals surface area contributed by atoms with Gasteiger partial charge < -0.3 is 24.9 Å². The Hall–Kier alpha value is -3.62. The van der Waals surface area contributed by atoms with Gasteiger partial charge in [0, 0.05) is 18.4 Å². The maximum Gasteiger partial charge on any atom is 0.271 e. The minimum atomic E-state index is -0.547. The van der Waals surface area contributed by atoms with Crippen LogP contribution in [-0.2, 0) is 0 Å². The molecule has 2 aliphatic rings. The van der Waals surface area contributed by atoms with Crippen molar-refractivity contribution in [3.8, 4) is 11.6 Å². The predicted molar refractivity (Wildman–Crippen MR) is 111 cm³/mol. The summed E-state index contributed by atoms with van der Waals surface area (Å²) in [6.45, 7) is 0. The van der Waals surface area contributed by atoms with Gasteiger partial charge in [0.15, 0.2) is 0 Å². The van der Waals surface area contributed by atoms with Crippen LogP contribution in [0.15, 0.2) is 42.9 Å². The molecule has 2 aliphatic carbocycles. The standard InChI is InChI=1S/C22H23N5O4/c1-30-14-4-5-18-26-17(12-27(18)11-14)20(29)25-13-7-22(8-13)9-15(10-22)31-21-16(19(23)28)3-2-6-24-21/h2-6,11-13,15H,7-10H2,1H3,(H2,23,28)(H,25,29). The van der Waals surface area contributed by atoms with Crippen molar-refractivity contribution >= 4 is 17.5 Å². The summed E-state index contributed by atoms with van der Waals surface area (Å²) in [5.41, 5.74) is 6.95. The Morgan fingerprint density at radius 1 is 1.19 bits per heavy atom. The molecule has 0 bridgehead atoms. The lowest BCUT2D eigenvalue weighted by molar-refractivity contribution is -0.0848. The van der Waals surface area contributed by atoms with E-state index in [4.69, 9.17) is 15.2 Å². The number of nitrogens with two attached hydrogens (primary N) is 1. The van der Waals surface area contributed by atoms with Gasteiger partial charge in [0.1, 0.15) is 28.8 Å². The Kier molecular flexibility index (Phi) is 4.53. The SMILES string of the molecule is COc1ccc2nc(C(=O)NC3CC4(C3)CC(Oc3ncccc3C(N)=O)C4)cn2c1. The highest BCUT2D eigenvalue weighted by Gasteiger charge is 2.54. The number of carbonyl (C=O) groups is 2. The van der Waals surface area contributed by atoms with Crippen LogP contribution in [0.5, 0.6) is 11.6 Å². The molecule has 0 radical (unpaired) electrons. The van der Waals surface area contributed by atoms with Crippen LogP contribution >= 0.6 is 0 Å². The molecule has 3 aromatic heterocycles. The van der Waals surface area contributed by atoms with Crippen molar-refractivity contribution in [2.24, 2.45) is 11.1 Å². The zero-order valence-electron chi connectivity index (χ0n) is 17.1. The average molecular weight is 421 g/mol. The molecule has 3 heterocycles. The van der Waals surface area contributed by atoms with Gasteiger partial charge in [-0.1, -0.05) is 0 Å². The number of nitrogens with zero attached hydrogens (tertiary/aromatic N) is 3. The molecule has 0 aliphatic heterocycles. The zero-order valence-corrected chi connectivity index (χ0v) is 17.1. The lowest BCUT2D eigenvalue weighted by atomic mass is 9.53. The van der Waals surface area contributed by atoms with Crippen molar-refractivity contribution in [2.75, 3.05) is 7.11 Å². The third-order valence-electron chi connectivity index (χ3n) is 6.22. The molecule has 2 amide bonds. The number of methoxy groups -OCH3 is 1. The summed E-state index contributed by atoms with van der Waals surface area (Å²) in [7, 11) is 1.60. The molecule has 0 unspecified atom stereocenters. The third kappa shape index (κ3) is 3.56. The second kappa shape index (κ2) is 7.26. The zero-order chi connectivity index (χ0) is 21.6. The number of rotatable bonds is 6. The van der Waals surface area contributed by atoms with Crippen LogP contribution in [0.2, 0.25) is 0 Å². The molecule has 3 aromatic rings. The summed E-state index contributed by atoms with van der Waals surface area (Å²) >= 11 is 0. The van der Waals surface area contributed by atoms with Crippen molar-refractivity contribution in [1.29, 1.82) is 0 Å². The summed E-state index contributed by atoms with van der Waals surface area (Å²) < 4.78 is 12.9. The highest BCUT2D eigenvalue weighted by Crippen LogP contribution is 2.56. The molecule has 0 aromatic carbocycles. The van der Waals surface area contributed by atoms with Gasteiger partial charge in [-0.2, -0.15) is 0 Å². The van der Waals surface area contributed by atoms with Gasteiger partial charge in [0.05, 0.1) is 13.3 Å². The third-order valence-corrected chi connectivity index (χ3v) is 6.22. The smallest absolute Gasteiger partial charge is 0.271 e. The van der Waals surface area contributed by atoms with E-state index in [1.165, 1.54) is 0 Å². The van der Waals surface area contributed by atoms with Crippen molar-refractivity contribution in [1.82, 2.24) is 19.7 Å². The van der Waals surface area contributed by atoms with Crippen LogP contribution in [0.1, 0.15) is 46.5 Å². The number of hydrogen-bond acceptors (Lipinski definition) is 6. The molecule has 31 heavy (non-hydrogen) atoms. The molecule has 2 saturated carbocycles. The lowest BCUT2D eigenvalue weighted by Crippen LogP contribution is -2.58. The highest BCUT2D eigenvalue weighted by atomic mass is 16.5. The van der Waals surface area contributed by atoms with Gasteiger partial charge in [-0.25, -0.2) is 9.97 Å². The molecular formula is C22H23N5O4. The number of primary amides is 1. The first-order chi connectivity index (χ1) is 14.9. The van der Waals surface area contributed by atoms with E-state index >= 15 is 0 Å². The summed E-state index contributed by atoms with van der Waals surface area (Å²) in [6.07, 6.45) is 8.66. The van der Waals surface area contributed by atoms with Crippen molar-refractivity contribution in [3.05, 3.63) is 54.1 Å². The fourth-order valence-electron chi connectivity index (χ4n) is 4.70. The van der Waals surface area contributed by atoms with Crippen LogP contribution in [0.3, 0.4) is 0 Å². The molecule has 1 spiro atoms. The van der Waals surface area contributed by atoms with Crippen LogP contribution < -0.4 is 20.5 Å². The van der Waals surface area contributed by atoms with Gasteiger partial charge in [-0.05, 0) is 55.4 Å². The van der Waals surface area contributed by atoms with Crippen molar-refractivity contribution in [3.63, 3.8) is 0 Å². The minimum absolute atomic E-state index is 0.0121. The van der Waals surface area contributed by atoms with Gasteiger partial charge in [0.2, 0.25) is 5.88 Å². The topological polar surface area (TPSA) is 121 Å². The number of imidazole rings is 1. The van der Waals surface area contributed by atoms with E-state index in [1.54, 1.807) is 42.2 Å². The molecule has 0 saturated heterocycles. The molecule has 5 rings (SSSR count). The largest absolute Gasteiger partial charge is 0.495 e. The van der Waals surface area contributed by atoms with Crippen LogP contribution in [-0.4, -0.2) is 45.4 Å². The number of amides is 2. The number of pyridine rings is 2. The van der Waals surface area contributed by atoms with Gasteiger partial charge in [0.25, 0.3) is 11.8 Å². The second-order valence-electron chi connectivity index (χ2n) is 8.41. The second-order valence-corrected chi connectivity index (χ2v) is 8.41. The fraction of sp³-hybridized carbons (Fsp3) is 0.364. The minimum Gasteiger partial charge on any atom is -0.495 e. The number of aromatic nitrogens is 3. The molecule has 0 atom stereocenters. The molecular weight excluding hydrogens is 398 g/mol. The first-order valence-electron chi connectivity index (χ1n) is 10.2. The van der Waals surface area contributed by atoms with Gasteiger partial charge in [-0.15, -0.1) is 0 Å². The fourth-order valence-corrected chi connectivity index (χ4v) is 4.70. The van der Waals surface area contributed by atoms with E-state index < -0.39 is 5.91 Å². The lowest BCUT2D eigenvalue weighted by Gasteiger charge is -2.57. The van der Waals surface area contributed by atoms with Crippen molar-refractivity contribution in [2.45, 2.75) is 37.8 Å². The Bertz CT molecular complexity index is 1160. The molecule has 9 nitrogen and oxygen atoms in total. The summed E-state index contributed by atoms with van der Waals surface area (Å²) in [5, 5.41) is 3.07. The van der Waals surface area contributed by atoms with E-state index in [1.807, 2.05) is 12.1 Å². The Balaban J connectivity index is 1.14. The number of hydrogen-bond donors (Lipinski definition) is 2. The molecule has 2 fully saturated rings. The van der Waals surface area contributed by atoms with E-state index in [9.17, 15) is 9.59 Å². The Labute approximate surface area is 178 Å². The van der Waals surface area contributed by atoms with E-state index in [0.717, 1.165) is 25.7 Å². The molecule has 3 N–H and O–H groups in total. The molecule has 160 valence electrons. The highest BCUT2D eigenvalue weighted by molar-refractivity contribution is 5.95. The van der Waals surface area contributed by atoms with E-state index in [2.05, 4.69) is 15.3 Å². The maximum atomic E-state index is 12.6. The van der Waals surface area contributed by atoms with Crippen LogP contribution in [0.4, 0.5) is 0 Å². The Morgan fingerprint density at radius 2 is 2.00 bits per heavy atom. The molecule has 9 heteroatoms. The summed E-state index contributed by atoms with van der Waals surface area (Å²) in [4.78, 5) is 32.6. The maximum absolute atomic E-state index is 12.6. The van der Waals surface area contributed by atoms with Crippen LogP contribution in [0.25, 0.3) is 5.65 Å². The summed E-state index contributed by atoms with van der Waals surface area (Å²) in [5.74, 6) is 0.277. The first kappa shape index (κ1) is 19.3. The van der Waals surface area contributed by atoms with Gasteiger partial charge in [-0.3, -0.25) is 9.59 Å². The summed E-state index contributed by atoms with van der Waals surface area (Å²) in [6, 6.07) is 7.03. The quantitative estimate of drug-likeness (QED) is 0.628. The average Bonchev–Trinajstić information content (AvgIpc) is 3.14. The predicted octanol–water partition coefficient (Wildman–Crippen LogP) is 1.96. The van der Waals surface area contributed by atoms with Crippen molar-refractivity contribution < 1.29 is 19.1 Å². The normalized spacial score (nSPS) is 24.3. The van der Waals surface area contributed by atoms with E-state index in [0.29, 0.717) is 28.5 Å². The van der Waals surface area contributed by atoms with Crippen LogP contribution in [0, 0.1) is 5.41 Å². The van der Waals surface area contributed by atoms with E-state index in [-0.39, 0.29) is 23.5 Å². The number of nitrogens with one attached hydrogen (secondary N) is 1. The number of fused-ring (bicyclic) bond motifs is 1.